The number of alkyl halides is 3. The summed E-state index contributed by atoms with van der Waals surface area (Å²) >= 11 is 0. The lowest BCUT2D eigenvalue weighted by atomic mass is 9.90. The van der Waals surface area contributed by atoms with E-state index in [0.29, 0.717) is 25.0 Å². The molecule has 1 saturated heterocycles. The van der Waals surface area contributed by atoms with Crippen LogP contribution in [0, 0.1) is 5.92 Å². The predicted octanol–water partition coefficient (Wildman–Crippen LogP) is 2.71. The third kappa shape index (κ3) is 4.06. The molecule has 1 aliphatic heterocycles. The van der Waals surface area contributed by atoms with Crippen LogP contribution < -0.4 is 10.2 Å². The number of nitrogens with one attached hydrogen (secondary N) is 1. The number of rotatable bonds is 4. The molecule has 0 amide bonds. The van der Waals surface area contributed by atoms with Crippen molar-refractivity contribution in [3.05, 3.63) is 18.0 Å². The van der Waals surface area contributed by atoms with Gasteiger partial charge >= 0.3 is 6.18 Å². The lowest BCUT2D eigenvalue weighted by Crippen LogP contribution is -2.42. The molecule has 0 spiro atoms. The van der Waals surface area contributed by atoms with Crippen molar-refractivity contribution in [3.63, 3.8) is 0 Å². The molecule has 118 valence electrons. The second kappa shape index (κ2) is 6.60. The lowest BCUT2D eigenvalue weighted by Gasteiger charge is -2.35. The minimum Gasteiger partial charge on any atom is -0.341 e. The molecule has 7 heteroatoms. The minimum atomic E-state index is -4.42. The van der Waals surface area contributed by atoms with Crippen LogP contribution in [-0.2, 0) is 6.18 Å². The van der Waals surface area contributed by atoms with E-state index in [4.69, 9.17) is 0 Å². The highest BCUT2D eigenvalue weighted by molar-refractivity contribution is 5.31. The zero-order valence-corrected chi connectivity index (χ0v) is 12.3. The quantitative estimate of drug-likeness (QED) is 0.928. The Bertz CT molecular complexity index is 456. The van der Waals surface area contributed by atoms with Gasteiger partial charge in [0.15, 0.2) is 0 Å². The van der Waals surface area contributed by atoms with Gasteiger partial charge in [-0.1, -0.05) is 6.92 Å². The minimum absolute atomic E-state index is 0.180. The first kappa shape index (κ1) is 16.0. The van der Waals surface area contributed by atoms with Crippen LogP contribution in [-0.4, -0.2) is 35.6 Å². The van der Waals surface area contributed by atoms with E-state index in [2.05, 4.69) is 29.1 Å². The monoisotopic (exact) mass is 302 g/mol. The summed E-state index contributed by atoms with van der Waals surface area (Å²) in [5, 5.41) is 3.40. The summed E-state index contributed by atoms with van der Waals surface area (Å²) in [6.45, 7) is 6.55. The van der Waals surface area contributed by atoms with Crippen LogP contribution in [0.1, 0.15) is 32.4 Å². The van der Waals surface area contributed by atoms with Gasteiger partial charge in [0.05, 0.1) is 0 Å². The third-order valence-electron chi connectivity index (χ3n) is 3.99. The fourth-order valence-electron chi connectivity index (χ4n) is 2.75. The number of halogens is 3. The molecule has 0 bridgehead atoms. The van der Waals surface area contributed by atoms with Gasteiger partial charge in [0.2, 0.25) is 5.95 Å². The molecular formula is C14H21F3N4. The van der Waals surface area contributed by atoms with Crippen LogP contribution in [0.2, 0.25) is 0 Å². The molecule has 1 aromatic rings. The van der Waals surface area contributed by atoms with Crippen LogP contribution >= 0.6 is 0 Å². The molecule has 21 heavy (non-hydrogen) atoms. The fraction of sp³-hybridized carbons (Fsp3) is 0.714. The van der Waals surface area contributed by atoms with Gasteiger partial charge in [0.1, 0.15) is 5.69 Å². The zero-order chi connectivity index (χ0) is 15.5. The smallest absolute Gasteiger partial charge is 0.341 e. The van der Waals surface area contributed by atoms with E-state index in [9.17, 15) is 13.2 Å². The summed E-state index contributed by atoms with van der Waals surface area (Å²) in [6.07, 6.45) is -1.37. The van der Waals surface area contributed by atoms with E-state index in [1.807, 2.05) is 4.90 Å². The average molecular weight is 302 g/mol. The summed E-state index contributed by atoms with van der Waals surface area (Å²) in [5.74, 6) is 0.728. The number of hydrogen-bond donors (Lipinski definition) is 1. The molecule has 2 heterocycles. The van der Waals surface area contributed by atoms with E-state index in [1.54, 1.807) is 0 Å². The first-order chi connectivity index (χ1) is 9.91. The number of anilines is 1. The van der Waals surface area contributed by atoms with Crippen LogP contribution in [0.4, 0.5) is 19.1 Å². The Morgan fingerprint density at radius 3 is 2.62 bits per heavy atom. The van der Waals surface area contributed by atoms with Crippen LogP contribution in [0.25, 0.3) is 0 Å². The summed E-state index contributed by atoms with van der Waals surface area (Å²) < 4.78 is 38.0. The highest BCUT2D eigenvalue weighted by Crippen LogP contribution is 2.29. The molecule has 1 atom stereocenters. The molecule has 1 aliphatic rings. The van der Waals surface area contributed by atoms with Crippen LogP contribution in [0.3, 0.4) is 0 Å². The Hall–Kier alpha value is -1.37. The number of aromatic nitrogens is 2. The summed E-state index contributed by atoms with van der Waals surface area (Å²) in [5.41, 5.74) is -0.879. The predicted molar refractivity (Wildman–Crippen MR) is 75.1 cm³/mol. The van der Waals surface area contributed by atoms with Crippen molar-refractivity contribution < 1.29 is 13.2 Å². The standard InChI is InChI=1S/C14H21F3N4/c1-3-18-10(2)11-5-8-21(9-6-11)13-19-7-4-12(20-13)14(15,16)17/h4,7,10-11,18H,3,5-6,8-9H2,1-2H3. The summed E-state index contributed by atoms with van der Waals surface area (Å²) in [6, 6.07) is 1.34. The SMILES string of the molecule is CCNC(C)C1CCN(c2nccc(C(F)(F)F)n2)CC1. The van der Waals surface area contributed by atoms with Crippen molar-refractivity contribution in [1.29, 1.82) is 0 Å². The maximum absolute atomic E-state index is 12.7. The molecule has 1 aromatic heterocycles. The molecule has 0 aromatic carbocycles. The Balaban J connectivity index is 1.99. The molecule has 1 unspecified atom stereocenters. The van der Waals surface area contributed by atoms with Gasteiger partial charge in [-0.15, -0.1) is 0 Å². The molecule has 1 N–H and O–H groups in total. The van der Waals surface area contributed by atoms with Crippen molar-refractivity contribution in [2.24, 2.45) is 5.92 Å². The molecule has 0 aliphatic carbocycles. The van der Waals surface area contributed by atoms with Gasteiger partial charge in [-0.25, -0.2) is 9.97 Å². The number of nitrogens with zero attached hydrogens (tertiary/aromatic N) is 3. The number of hydrogen-bond acceptors (Lipinski definition) is 4. The van der Waals surface area contributed by atoms with Gasteiger partial charge in [-0.3, -0.25) is 0 Å². The molecule has 1 fully saturated rings. The van der Waals surface area contributed by atoms with E-state index < -0.39 is 11.9 Å². The van der Waals surface area contributed by atoms with E-state index in [-0.39, 0.29) is 5.95 Å². The van der Waals surface area contributed by atoms with Crippen LogP contribution in [0.15, 0.2) is 12.3 Å². The Labute approximate surface area is 122 Å². The Morgan fingerprint density at radius 2 is 2.05 bits per heavy atom. The Morgan fingerprint density at radius 1 is 1.38 bits per heavy atom. The van der Waals surface area contributed by atoms with Gasteiger partial charge in [0.25, 0.3) is 0 Å². The third-order valence-corrected chi connectivity index (χ3v) is 3.99. The molecule has 2 rings (SSSR count). The maximum atomic E-state index is 12.7. The van der Waals surface area contributed by atoms with Crippen molar-refractivity contribution in [2.75, 3.05) is 24.5 Å². The second-order valence-electron chi connectivity index (χ2n) is 5.41. The van der Waals surface area contributed by atoms with Crippen molar-refractivity contribution in [1.82, 2.24) is 15.3 Å². The van der Waals surface area contributed by atoms with Crippen molar-refractivity contribution >= 4 is 5.95 Å². The van der Waals surface area contributed by atoms with Gasteiger partial charge in [-0.2, -0.15) is 13.2 Å². The van der Waals surface area contributed by atoms with E-state index in [1.165, 1.54) is 6.20 Å². The highest BCUT2D eigenvalue weighted by atomic mass is 19.4. The van der Waals surface area contributed by atoms with E-state index in [0.717, 1.165) is 25.5 Å². The van der Waals surface area contributed by atoms with Crippen molar-refractivity contribution in [2.45, 2.75) is 38.9 Å². The van der Waals surface area contributed by atoms with Crippen LogP contribution in [0.5, 0.6) is 0 Å². The average Bonchev–Trinajstić information content (AvgIpc) is 2.47. The van der Waals surface area contributed by atoms with Gasteiger partial charge in [0, 0.05) is 25.3 Å². The van der Waals surface area contributed by atoms with E-state index >= 15 is 0 Å². The van der Waals surface area contributed by atoms with Gasteiger partial charge < -0.3 is 10.2 Å². The first-order valence-corrected chi connectivity index (χ1v) is 7.30. The molecule has 0 saturated carbocycles. The summed E-state index contributed by atoms with van der Waals surface area (Å²) in [4.78, 5) is 9.47. The second-order valence-corrected chi connectivity index (χ2v) is 5.41. The highest BCUT2D eigenvalue weighted by Gasteiger charge is 2.33. The lowest BCUT2D eigenvalue weighted by molar-refractivity contribution is -0.141. The fourth-order valence-corrected chi connectivity index (χ4v) is 2.75. The van der Waals surface area contributed by atoms with Gasteiger partial charge in [-0.05, 0) is 38.3 Å². The maximum Gasteiger partial charge on any atom is 0.433 e. The topological polar surface area (TPSA) is 41.0 Å². The Kier molecular flexibility index (Phi) is 5.03. The first-order valence-electron chi connectivity index (χ1n) is 7.30. The van der Waals surface area contributed by atoms with Crippen molar-refractivity contribution in [3.8, 4) is 0 Å². The number of piperidine rings is 1. The normalized spacial score (nSPS) is 18.8. The molecule has 0 radical (unpaired) electrons. The molecular weight excluding hydrogens is 281 g/mol. The zero-order valence-electron chi connectivity index (χ0n) is 12.3. The molecule has 4 nitrogen and oxygen atoms in total. The summed E-state index contributed by atoms with van der Waals surface area (Å²) in [7, 11) is 0. The largest absolute Gasteiger partial charge is 0.433 e.